The summed E-state index contributed by atoms with van der Waals surface area (Å²) in [5.74, 6) is 0. The van der Waals surface area contributed by atoms with Crippen molar-refractivity contribution in [1.29, 1.82) is 0 Å². The summed E-state index contributed by atoms with van der Waals surface area (Å²) in [6.45, 7) is 25.8. The van der Waals surface area contributed by atoms with Gasteiger partial charge < -0.3 is 9.47 Å². The van der Waals surface area contributed by atoms with Crippen molar-refractivity contribution in [2.75, 3.05) is 27.4 Å². The number of benzene rings is 3. The lowest BCUT2D eigenvalue weighted by Gasteiger charge is -1.76. The van der Waals surface area contributed by atoms with Crippen LogP contribution in [0.15, 0.2) is 109 Å². The first-order chi connectivity index (χ1) is 18.2. The molecule has 0 bridgehead atoms. The largest absolute Gasteiger partial charge is 0.385 e. The second-order valence-electron chi connectivity index (χ2n) is 5.33. The summed E-state index contributed by atoms with van der Waals surface area (Å²) in [6, 6.07) is 36.0. The molecule has 3 aromatic carbocycles. The van der Waals surface area contributed by atoms with E-state index in [2.05, 4.69) is 23.3 Å². The zero-order valence-electron chi connectivity index (χ0n) is 27.3. The van der Waals surface area contributed by atoms with Gasteiger partial charge in [0.25, 0.3) is 0 Å². The van der Waals surface area contributed by atoms with Crippen LogP contribution in [0, 0.1) is 0 Å². The highest BCUT2D eigenvalue weighted by Gasteiger charge is 1.59. The van der Waals surface area contributed by atoms with Crippen LogP contribution in [0.1, 0.15) is 89.5 Å². The Morgan fingerprint density at radius 1 is 0.297 bits per heavy atom. The lowest BCUT2D eigenvalue weighted by atomic mass is 10.4. The van der Waals surface area contributed by atoms with E-state index in [4.69, 9.17) is 0 Å². The molecule has 0 amide bonds. The van der Waals surface area contributed by atoms with E-state index in [-0.39, 0.29) is 0 Å². The molecular weight excluding hydrogens is 452 g/mol. The highest BCUT2D eigenvalue weighted by atomic mass is 16.5. The lowest BCUT2D eigenvalue weighted by molar-refractivity contribution is 0.215. The summed E-state index contributed by atoms with van der Waals surface area (Å²) in [7, 11) is 3.36. The van der Waals surface area contributed by atoms with Crippen LogP contribution in [0.25, 0.3) is 0 Å². The number of ether oxygens (including phenoxy) is 2. The van der Waals surface area contributed by atoms with Crippen molar-refractivity contribution < 1.29 is 9.47 Å². The smallest absolute Gasteiger partial charge is 0.0433 e. The Balaban J connectivity index is -0.0000000561. The van der Waals surface area contributed by atoms with E-state index in [1.165, 1.54) is 6.42 Å². The maximum atomic E-state index is 4.54. The van der Waals surface area contributed by atoms with Crippen molar-refractivity contribution in [2.45, 2.75) is 89.5 Å². The predicted octanol–water partition coefficient (Wildman–Crippen LogP) is 11.9. The Bertz CT molecular complexity index is 365. The monoisotopic (exact) mass is 519 g/mol. The molecule has 0 saturated heterocycles. The summed E-state index contributed by atoms with van der Waals surface area (Å²) in [6.07, 6.45) is 1.25. The molecule has 218 valence electrons. The Kier molecular flexibility index (Phi) is 117. The maximum absolute atomic E-state index is 4.54. The number of hydrogen-bond acceptors (Lipinski definition) is 2. The van der Waals surface area contributed by atoms with Crippen LogP contribution in [0.4, 0.5) is 0 Å². The van der Waals surface area contributed by atoms with E-state index < -0.39 is 0 Å². The van der Waals surface area contributed by atoms with Crippen LogP contribution in [0.5, 0.6) is 0 Å². The third-order valence-corrected chi connectivity index (χ3v) is 2.58. The molecule has 2 nitrogen and oxygen atoms in total. The molecule has 0 saturated carbocycles. The second kappa shape index (κ2) is 84.2. The topological polar surface area (TPSA) is 18.5 Å². The zero-order valence-corrected chi connectivity index (χ0v) is 27.3. The molecule has 0 spiro atoms. The Morgan fingerprint density at radius 3 is 0.378 bits per heavy atom. The molecule has 0 aliphatic rings. The van der Waals surface area contributed by atoms with Gasteiger partial charge in [-0.05, 0) is 13.8 Å². The molecule has 37 heavy (non-hydrogen) atoms. The van der Waals surface area contributed by atoms with E-state index in [1.807, 2.05) is 178 Å². The number of hydrogen-bond donors (Lipinski definition) is 0. The molecule has 0 aliphatic carbocycles. The van der Waals surface area contributed by atoms with Gasteiger partial charge in [-0.15, -0.1) is 0 Å². The van der Waals surface area contributed by atoms with Crippen LogP contribution < -0.4 is 0 Å². The molecule has 2 heteroatoms. The Labute approximate surface area is 235 Å². The molecular formula is C35H66O2. The normalized spacial score (nSPS) is 6.65. The van der Waals surface area contributed by atoms with Gasteiger partial charge in [0.15, 0.2) is 0 Å². The van der Waals surface area contributed by atoms with Crippen molar-refractivity contribution in [2.24, 2.45) is 0 Å². The Morgan fingerprint density at radius 2 is 0.351 bits per heavy atom. The molecule has 0 heterocycles. The minimum atomic E-state index is 0.819. The maximum Gasteiger partial charge on any atom is 0.0433 e. The fraction of sp³-hybridized carbons (Fsp3) is 0.486. The van der Waals surface area contributed by atoms with Gasteiger partial charge in [-0.2, -0.15) is 0 Å². The Hall–Kier alpha value is -2.42. The van der Waals surface area contributed by atoms with Crippen molar-refractivity contribution in [3.8, 4) is 0 Å². The lowest BCUT2D eigenvalue weighted by Crippen LogP contribution is -1.73. The van der Waals surface area contributed by atoms with Crippen LogP contribution in [0.3, 0.4) is 0 Å². The van der Waals surface area contributed by atoms with Crippen molar-refractivity contribution in [1.82, 2.24) is 0 Å². The van der Waals surface area contributed by atoms with Crippen molar-refractivity contribution in [3.63, 3.8) is 0 Å². The second-order valence-corrected chi connectivity index (χ2v) is 5.33. The highest BCUT2D eigenvalue weighted by molar-refractivity contribution is 5.00. The summed E-state index contributed by atoms with van der Waals surface area (Å²) in [4.78, 5) is 0. The van der Waals surface area contributed by atoms with Crippen LogP contribution in [0.2, 0.25) is 0 Å². The average molecular weight is 519 g/mol. The van der Waals surface area contributed by atoms with Gasteiger partial charge in [0.1, 0.15) is 0 Å². The third-order valence-electron chi connectivity index (χ3n) is 2.58. The average Bonchev–Trinajstić information content (AvgIpc) is 3.05. The van der Waals surface area contributed by atoms with E-state index >= 15 is 0 Å². The van der Waals surface area contributed by atoms with E-state index in [1.54, 1.807) is 14.2 Å². The quantitative estimate of drug-likeness (QED) is 0.336. The first kappa shape index (κ1) is 51.3. The van der Waals surface area contributed by atoms with E-state index in [0.717, 1.165) is 13.2 Å². The summed E-state index contributed by atoms with van der Waals surface area (Å²) < 4.78 is 9.08. The minimum Gasteiger partial charge on any atom is -0.385 e. The standard InChI is InChI=1S/3C6H6.2C3H8O.C3H8.4C2H6/c3*1-2-4-6-5-3-1;2*1-3-4-2;1-3-2;4*1-2/h3*1-6H;2*3H2,1-2H3;3H2,1-2H3;4*1-2H3. The van der Waals surface area contributed by atoms with Gasteiger partial charge in [-0.3, -0.25) is 0 Å². The van der Waals surface area contributed by atoms with E-state index in [9.17, 15) is 0 Å². The van der Waals surface area contributed by atoms with Gasteiger partial charge in [0.2, 0.25) is 0 Å². The van der Waals surface area contributed by atoms with Gasteiger partial charge in [-0.1, -0.05) is 185 Å². The molecule has 0 aromatic heterocycles. The first-order valence-electron chi connectivity index (χ1n) is 14.2. The molecule has 0 fully saturated rings. The summed E-state index contributed by atoms with van der Waals surface area (Å²) in [5, 5.41) is 0. The summed E-state index contributed by atoms with van der Waals surface area (Å²) >= 11 is 0. The van der Waals surface area contributed by atoms with Crippen LogP contribution in [-0.2, 0) is 9.47 Å². The van der Waals surface area contributed by atoms with Crippen molar-refractivity contribution in [3.05, 3.63) is 109 Å². The fourth-order valence-electron chi connectivity index (χ4n) is 1.15. The number of rotatable bonds is 2. The molecule has 0 unspecified atom stereocenters. The highest BCUT2D eigenvalue weighted by Crippen LogP contribution is 1.81. The summed E-state index contributed by atoms with van der Waals surface area (Å²) in [5.41, 5.74) is 0. The number of methoxy groups -OCH3 is 2. The van der Waals surface area contributed by atoms with E-state index in [0.29, 0.717) is 0 Å². The van der Waals surface area contributed by atoms with Gasteiger partial charge in [0.05, 0.1) is 0 Å². The first-order valence-corrected chi connectivity index (χ1v) is 14.2. The zero-order chi connectivity index (χ0) is 30.3. The molecule has 0 radical (unpaired) electrons. The third kappa shape index (κ3) is 108. The molecule has 0 atom stereocenters. The van der Waals surface area contributed by atoms with Crippen molar-refractivity contribution >= 4 is 0 Å². The fourth-order valence-corrected chi connectivity index (χ4v) is 1.15. The van der Waals surface area contributed by atoms with Gasteiger partial charge in [-0.25, -0.2) is 0 Å². The molecule has 0 N–H and O–H groups in total. The molecule has 3 rings (SSSR count). The van der Waals surface area contributed by atoms with Crippen LogP contribution >= 0.6 is 0 Å². The van der Waals surface area contributed by atoms with Gasteiger partial charge in [0, 0.05) is 27.4 Å². The van der Waals surface area contributed by atoms with Crippen LogP contribution in [-0.4, -0.2) is 27.4 Å². The molecule has 0 aliphatic heterocycles. The predicted molar refractivity (Wildman–Crippen MR) is 176 cm³/mol. The SMILES string of the molecule is CC.CC.CC.CC.CCC.CCOC.CCOC.c1ccccc1.c1ccccc1.c1ccccc1. The molecule has 3 aromatic rings. The minimum absolute atomic E-state index is 0.819. The van der Waals surface area contributed by atoms with Gasteiger partial charge >= 0.3 is 0 Å².